The van der Waals surface area contributed by atoms with E-state index in [0.717, 1.165) is 36.7 Å². The quantitative estimate of drug-likeness (QED) is 0.774. The molecule has 0 saturated heterocycles. The van der Waals surface area contributed by atoms with Gasteiger partial charge in [0.1, 0.15) is 17.3 Å². The summed E-state index contributed by atoms with van der Waals surface area (Å²) in [7, 11) is -4.73. The van der Waals surface area contributed by atoms with Gasteiger partial charge in [-0.1, -0.05) is 11.6 Å². The lowest BCUT2D eigenvalue weighted by molar-refractivity contribution is -0.117. The van der Waals surface area contributed by atoms with Crippen LogP contribution >= 0.6 is 11.6 Å². The van der Waals surface area contributed by atoms with E-state index in [1.807, 2.05) is 0 Å². The van der Waals surface area contributed by atoms with Crippen LogP contribution in [0, 0.1) is 5.82 Å². The van der Waals surface area contributed by atoms with Crippen molar-refractivity contribution in [1.82, 2.24) is 4.98 Å². The number of alkyl halides is 3. The number of hydrogen-bond donors (Lipinski definition) is 0. The van der Waals surface area contributed by atoms with Crippen LogP contribution in [0.3, 0.4) is 0 Å². The highest BCUT2D eigenvalue weighted by atomic mass is 35.5. The third kappa shape index (κ3) is 4.11. The summed E-state index contributed by atoms with van der Waals surface area (Å²) < 4.78 is 76.9. The number of halogens is 5. The number of sulfonamides is 1. The Bertz CT molecular complexity index is 797. The molecule has 0 atom stereocenters. The van der Waals surface area contributed by atoms with E-state index >= 15 is 0 Å². The summed E-state index contributed by atoms with van der Waals surface area (Å²) >= 11 is 5.72. The molecule has 0 aliphatic rings. The molecular formula is C13H9ClF4N2O2S. The minimum absolute atomic E-state index is 0.106. The monoisotopic (exact) mass is 368 g/mol. The first-order valence-electron chi connectivity index (χ1n) is 6.06. The first kappa shape index (κ1) is 17.5. The largest absolute Gasteiger partial charge is 0.407 e. The van der Waals surface area contributed by atoms with Crippen LogP contribution < -0.4 is 4.31 Å². The van der Waals surface area contributed by atoms with E-state index in [0.29, 0.717) is 6.07 Å². The Balaban J connectivity index is 2.60. The Hall–Kier alpha value is -1.87. The van der Waals surface area contributed by atoms with Crippen molar-refractivity contribution in [1.29, 1.82) is 0 Å². The maximum atomic E-state index is 13.3. The molecule has 10 heteroatoms. The average Bonchev–Trinajstić information content (AvgIpc) is 2.47. The average molecular weight is 369 g/mol. The molecular weight excluding hydrogens is 360 g/mol. The highest BCUT2D eigenvalue weighted by Gasteiger charge is 2.38. The van der Waals surface area contributed by atoms with Crippen molar-refractivity contribution < 1.29 is 26.0 Å². The molecule has 0 saturated carbocycles. The molecule has 0 aliphatic carbocycles. The summed E-state index contributed by atoms with van der Waals surface area (Å²) in [5.74, 6) is -0.935. The fourth-order valence-corrected chi connectivity index (χ4v) is 3.72. The smallest absolute Gasteiger partial charge is 0.265 e. The van der Waals surface area contributed by atoms with E-state index in [-0.39, 0.29) is 15.0 Å². The zero-order valence-electron chi connectivity index (χ0n) is 11.3. The number of rotatable bonds is 4. The number of anilines is 1. The van der Waals surface area contributed by atoms with Gasteiger partial charge in [0.2, 0.25) is 0 Å². The molecule has 124 valence electrons. The van der Waals surface area contributed by atoms with Crippen LogP contribution in [0.25, 0.3) is 0 Å². The van der Waals surface area contributed by atoms with E-state index in [1.54, 1.807) is 0 Å². The Morgan fingerprint density at radius 1 is 1.13 bits per heavy atom. The molecule has 4 nitrogen and oxygen atoms in total. The minimum Gasteiger partial charge on any atom is -0.265 e. The SMILES string of the molecule is O=S(=O)(c1cc(F)ccc1Cl)N(CC(F)(F)F)c1ccncc1. The minimum atomic E-state index is -4.81. The highest BCUT2D eigenvalue weighted by molar-refractivity contribution is 7.93. The normalized spacial score (nSPS) is 12.2. The number of aromatic nitrogens is 1. The fraction of sp³-hybridized carbons (Fsp3) is 0.154. The molecule has 0 fully saturated rings. The van der Waals surface area contributed by atoms with E-state index in [4.69, 9.17) is 11.6 Å². The lowest BCUT2D eigenvalue weighted by Crippen LogP contribution is -2.39. The first-order chi connectivity index (χ1) is 10.6. The number of nitrogens with zero attached hydrogens (tertiary/aromatic N) is 2. The second-order valence-corrected chi connectivity index (χ2v) is 6.64. The van der Waals surface area contributed by atoms with Gasteiger partial charge in [0.25, 0.3) is 10.0 Å². The van der Waals surface area contributed by atoms with Crippen LogP contribution in [0.1, 0.15) is 0 Å². The van der Waals surface area contributed by atoms with E-state index < -0.39 is 33.5 Å². The summed E-state index contributed by atoms with van der Waals surface area (Å²) in [6.07, 6.45) is -2.53. The molecule has 1 aromatic carbocycles. The zero-order chi connectivity index (χ0) is 17.3. The van der Waals surface area contributed by atoms with Crippen molar-refractivity contribution in [3.05, 3.63) is 53.6 Å². The molecule has 0 unspecified atom stereocenters. The molecule has 0 bridgehead atoms. The maximum Gasteiger partial charge on any atom is 0.407 e. The summed E-state index contributed by atoms with van der Waals surface area (Å²) in [6, 6.07) is 4.62. The van der Waals surface area contributed by atoms with Crippen molar-refractivity contribution in [3.8, 4) is 0 Å². The summed E-state index contributed by atoms with van der Waals surface area (Å²) in [6.45, 7) is -1.79. The van der Waals surface area contributed by atoms with Crippen molar-refractivity contribution >= 4 is 27.3 Å². The van der Waals surface area contributed by atoms with Gasteiger partial charge >= 0.3 is 6.18 Å². The van der Waals surface area contributed by atoms with Crippen molar-refractivity contribution in [2.24, 2.45) is 0 Å². The topological polar surface area (TPSA) is 50.3 Å². The van der Waals surface area contributed by atoms with Gasteiger partial charge in [-0.05, 0) is 30.3 Å². The fourth-order valence-electron chi connectivity index (χ4n) is 1.78. The summed E-state index contributed by atoms with van der Waals surface area (Å²) in [4.78, 5) is 2.87. The van der Waals surface area contributed by atoms with Crippen molar-refractivity contribution in [2.75, 3.05) is 10.8 Å². The lowest BCUT2D eigenvalue weighted by Gasteiger charge is -2.25. The molecule has 2 aromatic rings. The molecule has 0 radical (unpaired) electrons. The third-order valence-corrected chi connectivity index (χ3v) is 4.99. The van der Waals surface area contributed by atoms with Gasteiger partial charge in [-0.3, -0.25) is 9.29 Å². The predicted molar refractivity (Wildman–Crippen MR) is 76.2 cm³/mol. The lowest BCUT2D eigenvalue weighted by atomic mass is 10.3. The summed E-state index contributed by atoms with van der Waals surface area (Å²) in [5, 5.41) is -0.382. The van der Waals surface area contributed by atoms with Crippen molar-refractivity contribution in [3.63, 3.8) is 0 Å². The standard InChI is InChI=1S/C13H9ClF4N2O2S/c14-11-2-1-9(15)7-12(11)23(21,22)20(8-13(16,17)18)10-3-5-19-6-4-10/h1-7H,8H2. The van der Waals surface area contributed by atoms with Gasteiger partial charge in [0, 0.05) is 12.4 Å². The maximum absolute atomic E-state index is 13.3. The first-order valence-corrected chi connectivity index (χ1v) is 7.87. The Labute approximate surface area is 134 Å². The third-order valence-electron chi connectivity index (χ3n) is 2.73. The van der Waals surface area contributed by atoms with Crippen LogP contribution in [-0.2, 0) is 10.0 Å². The van der Waals surface area contributed by atoms with Crippen LogP contribution in [0.2, 0.25) is 5.02 Å². The molecule has 0 aliphatic heterocycles. The van der Waals surface area contributed by atoms with E-state index in [2.05, 4.69) is 4.98 Å². The van der Waals surface area contributed by atoms with Crippen molar-refractivity contribution in [2.45, 2.75) is 11.1 Å². The summed E-state index contributed by atoms with van der Waals surface area (Å²) in [5.41, 5.74) is -0.266. The van der Waals surface area contributed by atoms with Gasteiger partial charge in [-0.2, -0.15) is 13.2 Å². The van der Waals surface area contributed by atoms with Crippen LogP contribution in [-0.4, -0.2) is 26.1 Å². The molecule has 0 spiro atoms. The predicted octanol–water partition coefficient (Wildman–Crippen LogP) is 3.63. The molecule has 1 heterocycles. The molecule has 23 heavy (non-hydrogen) atoms. The van der Waals surface area contributed by atoms with E-state index in [1.165, 1.54) is 0 Å². The van der Waals surface area contributed by atoms with Crippen LogP contribution in [0.15, 0.2) is 47.6 Å². The number of benzene rings is 1. The zero-order valence-corrected chi connectivity index (χ0v) is 12.8. The van der Waals surface area contributed by atoms with Crippen LogP contribution in [0.4, 0.5) is 23.2 Å². The Morgan fingerprint density at radius 2 is 1.74 bits per heavy atom. The van der Waals surface area contributed by atoms with Crippen LogP contribution in [0.5, 0.6) is 0 Å². The molecule has 0 N–H and O–H groups in total. The number of pyridine rings is 1. The molecule has 1 aromatic heterocycles. The molecule has 0 amide bonds. The second kappa shape index (κ2) is 6.32. The molecule has 2 rings (SSSR count). The van der Waals surface area contributed by atoms with Gasteiger partial charge in [-0.15, -0.1) is 0 Å². The Morgan fingerprint density at radius 3 is 2.30 bits per heavy atom. The van der Waals surface area contributed by atoms with Gasteiger partial charge in [0.15, 0.2) is 0 Å². The van der Waals surface area contributed by atoms with Gasteiger partial charge < -0.3 is 0 Å². The number of hydrogen-bond acceptors (Lipinski definition) is 3. The Kier molecular flexibility index (Phi) is 4.81. The second-order valence-electron chi connectivity index (χ2n) is 4.41. The van der Waals surface area contributed by atoms with E-state index in [9.17, 15) is 26.0 Å². The van der Waals surface area contributed by atoms with Gasteiger partial charge in [-0.25, -0.2) is 12.8 Å². The highest BCUT2D eigenvalue weighted by Crippen LogP contribution is 2.31. The van der Waals surface area contributed by atoms with Gasteiger partial charge in [0.05, 0.1) is 10.7 Å².